The van der Waals surface area contributed by atoms with Gasteiger partial charge in [-0.15, -0.1) is 5.10 Å². The van der Waals surface area contributed by atoms with E-state index in [0.29, 0.717) is 29.8 Å². The monoisotopic (exact) mass is 319 g/mol. The van der Waals surface area contributed by atoms with Gasteiger partial charge >= 0.3 is 0 Å². The smallest absolute Gasteiger partial charge is 0.287 e. The largest absolute Gasteiger partial charge is 0.455 e. The Hall–Kier alpha value is -2.62. The van der Waals surface area contributed by atoms with Gasteiger partial charge in [0, 0.05) is 12.7 Å². The Balaban J connectivity index is 1.46. The number of amides is 1. The van der Waals surface area contributed by atoms with E-state index in [-0.39, 0.29) is 11.7 Å². The van der Waals surface area contributed by atoms with E-state index in [4.69, 9.17) is 4.42 Å². The molecular formula is C12H13N7O2S. The first kappa shape index (κ1) is 14.3. The quantitative estimate of drug-likeness (QED) is 0.616. The summed E-state index contributed by atoms with van der Waals surface area (Å²) >= 11 is 1.45. The topological polar surface area (TPSA) is 115 Å². The fraction of sp³-hybridized carbons (Fsp3) is 0.250. The first-order valence-electron chi connectivity index (χ1n) is 6.50. The Morgan fingerprint density at radius 1 is 1.45 bits per heavy atom. The summed E-state index contributed by atoms with van der Waals surface area (Å²) in [5.74, 6) is 1.30. The zero-order chi connectivity index (χ0) is 15.2. The van der Waals surface area contributed by atoms with Crippen molar-refractivity contribution >= 4 is 17.7 Å². The van der Waals surface area contributed by atoms with Gasteiger partial charge in [0.05, 0.1) is 18.5 Å². The number of nitrogens with one attached hydrogen (secondary N) is 2. The Morgan fingerprint density at radius 3 is 3.18 bits per heavy atom. The van der Waals surface area contributed by atoms with Crippen molar-refractivity contribution < 1.29 is 9.21 Å². The number of thioether (sulfide) groups is 1. The van der Waals surface area contributed by atoms with Crippen LogP contribution < -0.4 is 5.32 Å². The molecule has 0 unspecified atom stereocenters. The molecule has 0 fully saturated rings. The summed E-state index contributed by atoms with van der Waals surface area (Å²) in [7, 11) is 0. The molecule has 0 spiro atoms. The third-order valence-electron chi connectivity index (χ3n) is 2.73. The van der Waals surface area contributed by atoms with Crippen LogP contribution in [-0.2, 0) is 12.3 Å². The Labute approximate surface area is 129 Å². The van der Waals surface area contributed by atoms with Gasteiger partial charge in [-0.1, -0.05) is 17.0 Å². The second-order valence-electron chi connectivity index (χ2n) is 4.27. The maximum Gasteiger partial charge on any atom is 0.287 e. The normalized spacial score (nSPS) is 10.7. The second kappa shape index (κ2) is 6.89. The average Bonchev–Trinajstić information content (AvgIpc) is 3.27. The van der Waals surface area contributed by atoms with Crippen LogP contribution in [0, 0.1) is 0 Å². The minimum atomic E-state index is -0.254. The molecule has 22 heavy (non-hydrogen) atoms. The molecular weight excluding hydrogens is 306 g/mol. The number of carbonyl (C=O) groups excluding carboxylic acids is 1. The van der Waals surface area contributed by atoms with E-state index in [2.05, 4.69) is 30.8 Å². The van der Waals surface area contributed by atoms with Crippen LogP contribution in [0.25, 0.3) is 0 Å². The van der Waals surface area contributed by atoms with Crippen LogP contribution in [0.4, 0.5) is 0 Å². The summed E-state index contributed by atoms with van der Waals surface area (Å²) in [6.45, 7) is 1.01. The van der Waals surface area contributed by atoms with Crippen molar-refractivity contribution in [2.75, 3.05) is 6.54 Å². The van der Waals surface area contributed by atoms with Gasteiger partial charge in [-0.25, -0.2) is 4.98 Å². The molecule has 0 radical (unpaired) electrons. The molecule has 0 saturated carbocycles. The SMILES string of the molecule is O=C(NCCn1ccnn1)c1ccc(CSc2ncn[nH]2)o1. The number of carbonyl (C=O) groups is 1. The van der Waals surface area contributed by atoms with E-state index in [9.17, 15) is 4.79 Å². The Morgan fingerprint density at radius 2 is 2.41 bits per heavy atom. The number of hydrogen-bond donors (Lipinski definition) is 2. The van der Waals surface area contributed by atoms with Crippen LogP contribution in [0.5, 0.6) is 0 Å². The van der Waals surface area contributed by atoms with Crippen LogP contribution in [0.1, 0.15) is 16.3 Å². The van der Waals surface area contributed by atoms with E-state index < -0.39 is 0 Å². The van der Waals surface area contributed by atoms with Crippen molar-refractivity contribution in [3.8, 4) is 0 Å². The summed E-state index contributed by atoms with van der Waals surface area (Å²) in [6, 6.07) is 3.43. The first-order chi connectivity index (χ1) is 10.8. The van der Waals surface area contributed by atoms with E-state index in [1.165, 1.54) is 18.1 Å². The van der Waals surface area contributed by atoms with E-state index in [0.717, 1.165) is 0 Å². The maximum absolute atomic E-state index is 11.9. The molecule has 0 bridgehead atoms. The van der Waals surface area contributed by atoms with Crippen molar-refractivity contribution in [2.45, 2.75) is 17.5 Å². The van der Waals surface area contributed by atoms with Gasteiger partial charge in [-0.3, -0.25) is 14.6 Å². The highest BCUT2D eigenvalue weighted by Crippen LogP contribution is 2.19. The van der Waals surface area contributed by atoms with Crippen LogP contribution in [0.15, 0.2) is 40.4 Å². The highest BCUT2D eigenvalue weighted by Gasteiger charge is 2.11. The average molecular weight is 319 g/mol. The zero-order valence-corrected chi connectivity index (χ0v) is 12.3. The van der Waals surface area contributed by atoms with Crippen LogP contribution in [-0.4, -0.2) is 42.6 Å². The molecule has 114 valence electrons. The summed E-state index contributed by atoms with van der Waals surface area (Å²) in [5, 5.41) is 17.5. The van der Waals surface area contributed by atoms with Gasteiger partial charge in [-0.05, 0) is 12.1 Å². The molecule has 0 saturated heterocycles. The Kier molecular flexibility index (Phi) is 4.49. The molecule has 3 heterocycles. The lowest BCUT2D eigenvalue weighted by Gasteiger charge is -2.02. The van der Waals surface area contributed by atoms with E-state index in [1.807, 2.05) is 0 Å². The van der Waals surface area contributed by atoms with E-state index in [1.54, 1.807) is 29.2 Å². The van der Waals surface area contributed by atoms with Gasteiger partial charge < -0.3 is 9.73 Å². The van der Waals surface area contributed by atoms with Crippen LogP contribution in [0.2, 0.25) is 0 Å². The number of furan rings is 1. The Bertz CT molecular complexity index is 708. The molecule has 2 N–H and O–H groups in total. The minimum absolute atomic E-state index is 0.254. The molecule has 3 aromatic heterocycles. The van der Waals surface area contributed by atoms with Crippen LogP contribution >= 0.6 is 11.8 Å². The second-order valence-corrected chi connectivity index (χ2v) is 5.23. The third-order valence-corrected chi connectivity index (χ3v) is 3.63. The first-order valence-corrected chi connectivity index (χ1v) is 7.49. The number of nitrogens with zero attached hydrogens (tertiary/aromatic N) is 5. The summed E-state index contributed by atoms with van der Waals surface area (Å²) < 4.78 is 7.14. The van der Waals surface area contributed by atoms with Gasteiger partial charge in [0.1, 0.15) is 12.1 Å². The fourth-order valence-electron chi connectivity index (χ4n) is 1.70. The third kappa shape index (κ3) is 3.73. The molecule has 0 aliphatic carbocycles. The van der Waals surface area contributed by atoms with Crippen molar-refractivity contribution in [1.29, 1.82) is 0 Å². The maximum atomic E-state index is 11.9. The molecule has 3 aromatic rings. The highest BCUT2D eigenvalue weighted by molar-refractivity contribution is 7.98. The van der Waals surface area contributed by atoms with Gasteiger partial charge in [0.2, 0.25) is 0 Å². The van der Waals surface area contributed by atoms with Gasteiger partial charge in [-0.2, -0.15) is 5.10 Å². The lowest BCUT2D eigenvalue weighted by Crippen LogP contribution is -2.27. The minimum Gasteiger partial charge on any atom is -0.455 e. The van der Waals surface area contributed by atoms with Gasteiger partial charge in [0.15, 0.2) is 10.9 Å². The number of aromatic nitrogens is 6. The summed E-state index contributed by atoms with van der Waals surface area (Å²) in [4.78, 5) is 15.9. The molecule has 10 heteroatoms. The van der Waals surface area contributed by atoms with Crippen molar-refractivity contribution in [3.05, 3.63) is 42.4 Å². The number of rotatable bonds is 7. The summed E-state index contributed by atoms with van der Waals surface area (Å²) in [6.07, 6.45) is 4.77. The molecule has 0 aliphatic heterocycles. The standard InChI is InChI=1S/C12H13N7O2S/c20-11(13-3-5-19-6-4-15-18-19)10-2-1-9(21-10)7-22-12-14-8-16-17-12/h1-2,4,6,8H,3,5,7H2,(H,13,20)(H,14,16,17). The molecule has 0 aliphatic rings. The number of hydrogen-bond acceptors (Lipinski definition) is 7. The number of H-pyrrole nitrogens is 1. The van der Waals surface area contributed by atoms with Gasteiger partial charge in [0.25, 0.3) is 5.91 Å². The van der Waals surface area contributed by atoms with Crippen LogP contribution in [0.3, 0.4) is 0 Å². The predicted octanol–water partition coefficient (Wildman–Crippen LogP) is 0.711. The molecule has 1 amide bonds. The number of aromatic amines is 1. The molecule has 9 nitrogen and oxygen atoms in total. The molecule has 0 aromatic carbocycles. The van der Waals surface area contributed by atoms with Crippen molar-refractivity contribution in [3.63, 3.8) is 0 Å². The van der Waals surface area contributed by atoms with E-state index >= 15 is 0 Å². The fourth-order valence-corrected chi connectivity index (χ4v) is 2.38. The molecule has 3 rings (SSSR count). The lowest BCUT2D eigenvalue weighted by molar-refractivity contribution is 0.0922. The lowest BCUT2D eigenvalue weighted by atomic mass is 10.4. The summed E-state index contributed by atoms with van der Waals surface area (Å²) in [5.41, 5.74) is 0. The molecule has 0 atom stereocenters. The highest BCUT2D eigenvalue weighted by atomic mass is 32.2. The zero-order valence-electron chi connectivity index (χ0n) is 11.5. The van der Waals surface area contributed by atoms with Crippen molar-refractivity contribution in [2.24, 2.45) is 0 Å². The predicted molar refractivity (Wildman–Crippen MR) is 77.0 cm³/mol. The van der Waals surface area contributed by atoms with Crippen molar-refractivity contribution in [1.82, 2.24) is 35.5 Å².